The van der Waals surface area contributed by atoms with Gasteiger partial charge in [0.25, 0.3) is 5.56 Å². The number of hydrogen-bond donors (Lipinski definition) is 1. The molecule has 4 nitrogen and oxygen atoms in total. The summed E-state index contributed by atoms with van der Waals surface area (Å²) >= 11 is 3.28. The molecule has 0 amide bonds. The maximum Gasteiger partial charge on any atom is 0.265 e. The fraction of sp³-hybridized carbons (Fsp3) is 0.636. The summed E-state index contributed by atoms with van der Waals surface area (Å²) in [7, 11) is 0. The van der Waals surface area contributed by atoms with Crippen LogP contribution in [0.2, 0.25) is 0 Å². The van der Waals surface area contributed by atoms with E-state index in [0.717, 1.165) is 38.0 Å². The van der Waals surface area contributed by atoms with Gasteiger partial charge < -0.3 is 9.72 Å². The van der Waals surface area contributed by atoms with Crippen LogP contribution >= 0.6 is 15.9 Å². The van der Waals surface area contributed by atoms with Gasteiger partial charge in [-0.15, -0.1) is 0 Å². The highest BCUT2D eigenvalue weighted by atomic mass is 79.9. The highest BCUT2D eigenvalue weighted by molar-refractivity contribution is 9.10. The van der Waals surface area contributed by atoms with E-state index < -0.39 is 0 Å². The average molecular weight is 287 g/mol. The van der Waals surface area contributed by atoms with Crippen LogP contribution in [0, 0.1) is 0 Å². The first-order chi connectivity index (χ1) is 7.72. The van der Waals surface area contributed by atoms with Crippen molar-refractivity contribution in [3.63, 3.8) is 0 Å². The van der Waals surface area contributed by atoms with E-state index in [-0.39, 0.29) is 11.7 Å². The minimum Gasteiger partial charge on any atom is -0.370 e. The monoisotopic (exact) mass is 286 g/mol. The lowest BCUT2D eigenvalue weighted by molar-refractivity contribution is 0.104. The Morgan fingerprint density at radius 2 is 2.44 bits per heavy atom. The molecule has 1 atom stereocenters. The summed E-state index contributed by atoms with van der Waals surface area (Å²) in [5, 5.41) is 0. The fourth-order valence-corrected chi connectivity index (χ4v) is 2.26. The van der Waals surface area contributed by atoms with E-state index in [1.807, 2.05) is 0 Å². The van der Waals surface area contributed by atoms with Gasteiger partial charge in [0.1, 0.15) is 16.4 Å². The molecular formula is C11H15BrN2O2. The van der Waals surface area contributed by atoms with E-state index in [0.29, 0.717) is 10.3 Å². The van der Waals surface area contributed by atoms with Crippen LogP contribution in [-0.2, 0) is 11.2 Å². The Balaban J connectivity index is 2.35. The summed E-state index contributed by atoms with van der Waals surface area (Å²) in [6.07, 6.45) is 3.73. The maximum atomic E-state index is 11.7. The molecule has 1 aliphatic heterocycles. The van der Waals surface area contributed by atoms with Gasteiger partial charge >= 0.3 is 0 Å². The van der Waals surface area contributed by atoms with Crippen LogP contribution in [0.1, 0.15) is 43.8 Å². The summed E-state index contributed by atoms with van der Waals surface area (Å²) in [6.45, 7) is 2.83. The molecule has 0 spiro atoms. The van der Waals surface area contributed by atoms with Crippen LogP contribution in [0.15, 0.2) is 9.27 Å². The molecule has 2 rings (SSSR count). The van der Waals surface area contributed by atoms with Gasteiger partial charge in [0, 0.05) is 6.61 Å². The predicted molar refractivity (Wildman–Crippen MR) is 64.5 cm³/mol. The normalized spacial score (nSPS) is 20.2. The van der Waals surface area contributed by atoms with E-state index in [4.69, 9.17) is 4.74 Å². The van der Waals surface area contributed by atoms with Crippen LogP contribution < -0.4 is 5.56 Å². The average Bonchev–Trinajstić information content (AvgIpc) is 2.78. The zero-order valence-electron chi connectivity index (χ0n) is 9.25. The van der Waals surface area contributed by atoms with Gasteiger partial charge in [-0.05, 0) is 35.2 Å². The lowest BCUT2D eigenvalue weighted by Crippen LogP contribution is -2.17. The Bertz CT molecular complexity index is 424. The lowest BCUT2D eigenvalue weighted by Gasteiger charge is -2.10. The quantitative estimate of drug-likeness (QED) is 0.928. The highest BCUT2D eigenvalue weighted by Crippen LogP contribution is 2.26. The molecule has 16 heavy (non-hydrogen) atoms. The van der Waals surface area contributed by atoms with Crippen LogP contribution in [0.4, 0.5) is 0 Å². The Labute approximate surface area is 103 Å². The van der Waals surface area contributed by atoms with Gasteiger partial charge in [0.05, 0.1) is 5.69 Å². The molecule has 1 saturated heterocycles. The molecule has 1 aliphatic rings. The number of nitrogens with zero attached hydrogens (tertiary/aromatic N) is 1. The second-order valence-electron chi connectivity index (χ2n) is 3.96. The molecule has 0 aromatic carbocycles. The minimum atomic E-state index is -0.107. The van der Waals surface area contributed by atoms with Crippen molar-refractivity contribution in [2.45, 2.75) is 38.7 Å². The third kappa shape index (κ3) is 2.35. The zero-order chi connectivity index (χ0) is 11.5. The second-order valence-corrected chi connectivity index (χ2v) is 4.76. The third-order valence-electron chi connectivity index (χ3n) is 2.67. The smallest absolute Gasteiger partial charge is 0.265 e. The first kappa shape index (κ1) is 11.8. The van der Waals surface area contributed by atoms with Crippen molar-refractivity contribution in [3.05, 3.63) is 26.3 Å². The van der Waals surface area contributed by atoms with Crippen LogP contribution in [0.3, 0.4) is 0 Å². The van der Waals surface area contributed by atoms with E-state index in [1.165, 1.54) is 0 Å². The number of aryl methyl sites for hydroxylation is 1. The number of nitrogens with one attached hydrogen (secondary N) is 1. The molecule has 1 unspecified atom stereocenters. The largest absolute Gasteiger partial charge is 0.370 e. The van der Waals surface area contributed by atoms with Gasteiger partial charge in [0.2, 0.25) is 0 Å². The summed E-state index contributed by atoms with van der Waals surface area (Å²) in [6, 6.07) is 0. The summed E-state index contributed by atoms with van der Waals surface area (Å²) in [5.74, 6) is 0.675. The summed E-state index contributed by atoms with van der Waals surface area (Å²) < 4.78 is 6.07. The maximum absolute atomic E-state index is 11.7. The topological polar surface area (TPSA) is 55.0 Å². The molecule has 0 radical (unpaired) electrons. The molecular weight excluding hydrogens is 272 g/mol. The molecule has 1 aromatic heterocycles. The van der Waals surface area contributed by atoms with Gasteiger partial charge in [-0.1, -0.05) is 13.3 Å². The molecule has 1 N–H and O–H groups in total. The molecule has 0 bridgehead atoms. The van der Waals surface area contributed by atoms with Crippen molar-refractivity contribution in [1.29, 1.82) is 0 Å². The first-order valence-corrected chi connectivity index (χ1v) is 6.42. The van der Waals surface area contributed by atoms with Crippen molar-refractivity contribution in [3.8, 4) is 0 Å². The molecule has 2 heterocycles. The fourth-order valence-electron chi connectivity index (χ4n) is 1.87. The van der Waals surface area contributed by atoms with Crippen molar-refractivity contribution in [2.75, 3.05) is 6.61 Å². The lowest BCUT2D eigenvalue weighted by atomic mass is 10.2. The molecule has 1 fully saturated rings. The predicted octanol–water partition coefficient (Wildman–Crippen LogP) is 2.34. The number of H-pyrrole nitrogens is 1. The summed E-state index contributed by atoms with van der Waals surface area (Å²) in [4.78, 5) is 18.9. The zero-order valence-corrected chi connectivity index (χ0v) is 10.8. The Morgan fingerprint density at radius 3 is 3.06 bits per heavy atom. The van der Waals surface area contributed by atoms with E-state index in [1.54, 1.807) is 0 Å². The highest BCUT2D eigenvalue weighted by Gasteiger charge is 2.21. The number of aromatic nitrogens is 2. The molecule has 5 heteroatoms. The van der Waals surface area contributed by atoms with Gasteiger partial charge in [-0.3, -0.25) is 4.79 Å². The van der Waals surface area contributed by atoms with Crippen LogP contribution in [-0.4, -0.2) is 16.6 Å². The van der Waals surface area contributed by atoms with Crippen molar-refractivity contribution < 1.29 is 4.74 Å². The van der Waals surface area contributed by atoms with E-state index in [2.05, 4.69) is 32.8 Å². The van der Waals surface area contributed by atoms with Crippen molar-refractivity contribution in [1.82, 2.24) is 9.97 Å². The second kappa shape index (κ2) is 5.10. The minimum absolute atomic E-state index is 0.0311. The first-order valence-electron chi connectivity index (χ1n) is 5.62. The number of halogens is 1. The number of hydrogen-bond acceptors (Lipinski definition) is 3. The SMILES string of the molecule is CCCc1nc(C2CCCO2)[nH]c(=O)c1Br. The molecule has 0 saturated carbocycles. The number of aromatic amines is 1. The van der Waals surface area contributed by atoms with Gasteiger partial charge in [0.15, 0.2) is 0 Å². The third-order valence-corrected chi connectivity index (χ3v) is 3.49. The van der Waals surface area contributed by atoms with Crippen LogP contribution in [0.25, 0.3) is 0 Å². The Hall–Kier alpha value is -0.680. The van der Waals surface area contributed by atoms with E-state index >= 15 is 0 Å². The van der Waals surface area contributed by atoms with Crippen LogP contribution in [0.5, 0.6) is 0 Å². The van der Waals surface area contributed by atoms with Gasteiger partial charge in [-0.25, -0.2) is 4.98 Å². The molecule has 0 aliphatic carbocycles. The molecule has 88 valence electrons. The van der Waals surface area contributed by atoms with Crippen molar-refractivity contribution >= 4 is 15.9 Å². The Kier molecular flexibility index (Phi) is 3.76. The van der Waals surface area contributed by atoms with Crippen molar-refractivity contribution in [2.24, 2.45) is 0 Å². The number of ether oxygens (including phenoxy) is 1. The Morgan fingerprint density at radius 1 is 1.62 bits per heavy atom. The standard InChI is InChI=1S/C11H15BrN2O2/c1-2-4-7-9(12)11(15)14-10(13-7)8-5-3-6-16-8/h8H,2-6H2,1H3,(H,13,14,15). The molecule has 1 aromatic rings. The van der Waals surface area contributed by atoms with E-state index in [9.17, 15) is 4.79 Å². The summed E-state index contributed by atoms with van der Waals surface area (Å²) in [5.41, 5.74) is 0.723. The number of rotatable bonds is 3. The van der Waals surface area contributed by atoms with Gasteiger partial charge in [-0.2, -0.15) is 0 Å².